The number of ether oxygens (including phenoxy) is 2. The molecule has 1 aromatic carbocycles. The van der Waals surface area contributed by atoms with Gasteiger partial charge in [-0.1, -0.05) is 23.2 Å². The molecule has 0 aliphatic rings. The van der Waals surface area contributed by atoms with E-state index in [-0.39, 0.29) is 6.61 Å². The van der Waals surface area contributed by atoms with Crippen molar-refractivity contribution in [1.29, 1.82) is 0 Å². The molecule has 0 saturated carbocycles. The van der Waals surface area contributed by atoms with E-state index in [1.807, 2.05) is 0 Å². The van der Waals surface area contributed by atoms with E-state index < -0.39 is 0 Å². The fourth-order valence-corrected chi connectivity index (χ4v) is 1.83. The van der Waals surface area contributed by atoms with Crippen LogP contribution in [0.3, 0.4) is 0 Å². The minimum atomic E-state index is 0.287. The zero-order valence-electron chi connectivity index (χ0n) is 11.0. The Balaban J connectivity index is 2.32. The van der Waals surface area contributed by atoms with Crippen LogP contribution in [0.4, 0.5) is 5.82 Å². The van der Waals surface area contributed by atoms with Crippen molar-refractivity contribution in [3.05, 3.63) is 40.1 Å². The molecule has 1 N–H and O–H groups in total. The zero-order chi connectivity index (χ0) is 14.5. The normalized spacial score (nSPS) is 10.4. The van der Waals surface area contributed by atoms with Crippen LogP contribution >= 0.6 is 23.2 Å². The molecule has 0 aliphatic carbocycles. The Morgan fingerprint density at radius 1 is 1.20 bits per heavy atom. The van der Waals surface area contributed by atoms with E-state index in [4.69, 9.17) is 32.7 Å². The van der Waals surface area contributed by atoms with Crippen LogP contribution in [-0.2, 0) is 11.3 Å². The van der Waals surface area contributed by atoms with Gasteiger partial charge in [-0.15, -0.1) is 0 Å². The predicted octanol–water partition coefficient (Wildman–Crippen LogP) is 3.76. The quantitative estimate of drug-likeness (QED) is 0.910. The molecule has 0 amide bonds. The minimum absolute atomic E-state index is 0.287. The lowest BCUT2D eigenvalue weighted by atomic mass is 10.3. The lowest BCUT2D eigenvalue weighted by Crippen LogP contribution is -2.03. The molecule has 1 aromatic heterocycles. The van der Waals surface area contributed by atoms with Crippen molar-refractivity contribution in [2.75, 3.05) is 19.5 Å². The van der Waals surface area contributed by atoms with Gasteiger partial charge >= 0.3 is 0 Å². The van der Waals surface area contributed by atoms with E-state index in [0.29, 0.717) is 33.3 Å². The molecule has 0 radical (unpaired) electrons. The first-order chi connectivity index (χ1) is 9.62. The molecule has 0 bridgehead atoms. The predicted molar refractivity (Wildman–Crippen MR) is 78.8 cm³/mol. The average Bonchev–Trinajstić information content (AvgIpc) is 2.43. The molecule has 0 saturated heterocycles. The van der Waals surface area contributed by atoms with Gasteiger partial charge in [0, 0.05) is 31.3 Å². The standard InChI is InChI=1S/C13H13Cl2N3O2/c1-16-11-6-13(18-12(17-11)7-19-2)20-10-5-8(14)3-4-9(10)15/h3-6H,7H2,1-2H3,(H,16,17,18). The maximum absolute atomic E-state index is 6.05. The maximum atomic E-state index is 6.05. The summed E-state index contributed by atoms with van der Waals surface area (Å²) in [7, 11) is 3.33. The smallest absolute Gasteiger partial charge is 0.224 e. The molecule has 0 atom stereocenters. The summed E-state index contributed by atoms with van der Waals surface area (Å²) in [6.07, 6.45) is 0. The molecule has 1 heterocycles. The molecule has 0 fully saturated rings. The highest BCUT2D eigenvalue weighted by Gasteiger charge is 2.09. The van der Waals surface area contributed by atoms with Gasteiger partial charge in [0.1, 0.15) is 18.2 Å². The topological polar surface area (TPSA) is 56.3 Å². The summed E-state index contributed by atoms with van der Waals surface area (Å²) in [5.74, 6) is 1.93. The van der Waals surface area contributed by atoms with Crippen molar-refractivity contribution in [3.8, 4) is 11.6 Å². The van der Waals surface area contributed by atoms with Gasteiger partial charge < -0.3 is 14.8 Å². The van der Waals surface area contributed by atoms with Crippen molar-refractivity contribution >= 4 is 29.0 Å². The lowest BCUT2D eigenvalue weighted by molar-refractivity contribution is 0.177. The third kappa shape index (κ3) is 3.72. The Hall–Kier alpha value is -1.56. The molecule has 7 heteroatoms. The van der Waals surface area contributed by atoms with E-state index in [9.17, 15) is 0 Å². The molecule has 20 heavy (non-hydrogen) atoms. The Morgan fingerprint density at radius 3 is 2.70 bits per heavy atom. The van der Waals surface area contributed by atoms with Gasteiger partial charge in [0.2, 0.25) is 5.88 Å². The number of halogens is 2. The molecule has 0 aliphatic heterocycles. The van der Waals surface area contributed by atoms with E-state index in [1.165, 1.54) is 0 Å². The van der Waals surface area contributed by atoms with Gasteiger partial charge in [0.15, 0.2) is 5.82 Å². The van der Waals surface area contributed by atoms with Gasteiger partial charge in [-0.05, 0) is 12.1 Å². The van der Waals surface area contributed by atoms with Crippen LogP contribution in [0.1, 0.15) is 5.82 Å². The zero-order valence-corrected chi connectivity index (χ0v) is 12.5. The first-order valence-electron chi connectivity index (χ1n) is 5.80. The molecule has 2 aromatic rings. The lowest BCUT2D eigenvalue weighted by Gasteiger charge is -2.10. The fraction of sp³-hybridized carbons (Fsp3) is 0.231. The van der Waals surface area contributed by atoms with Crippen LogP contribution in [0.15, 0.2) is 24.3 Å². The third-order valence-corrected chi connectivity index (χ3v) is 2.93. The number of methoxy groups -OCH3 is 1. The molecular formula is C13H13Cl2N3O2. The van der Waals surface area contributed by atoms with Crippen molar-refractivity contribution in [3.63, 3.8) is 0 Å². The Bertz CT molecular complexity index is 608. The van der Waals surface area contributed by atoms with Crippen molar-refractivity contribution in [2.45, 2.75) is 6.61 Å². The van der Waals surface area contributed by atoms with E-state index in [1.54, 1.807) is 38.4 Å². The molecule has 106 valence electrons. The number of rotatable bonds is 5. The summed E-state index contributed by atoms with van der Waals surface area (Å²) in [5.41, 5.74) is 0. The van der Waals surface area contributed by atoms with Crippen LogP contribution in [0.5, 0.6) is 11.6 Å². The molecule has 0 unspecified atom stereocenters. The molecule has 5 nitrogen and oxygen atoms in total. The van der Waals surface area contributed by atoms with Crippen LogP contribution < -0.4 is 10.1 Å². The largest absolute Gasteiger partial charge is 0.437 e. The van der Waals surface area contributed by atoms with Crippen molar-refractivity contribution in [1.82, 2.24) is 9.97 Å². The van der Waals surface area contributed by atoms with Gasteiger partial charge in [0.25, 0.3) is 0 Å². The second-order valence-corrected chi connectivity index (χ2v) is 4.71. The highest BCUT2D eigenvalue weighted by Crippen LogP contribution is 2.31. The molecule has 0 spiro atoms. The Morgan fingerprint density at radius 2 is 2.00 bits per heavy atom. The van der Waals surface area contributed by atoms with Gasteiger partial charge in [-0.3, -0.25) is 0 Å². The molecule has 2 rings (SSSR count). The number of aromatic nitrogens is 2. The third-order valence-electron chi connectivity index (χ3n) is 2.39. The summed E-state index contributed by atoms with van der Waals surface area (Å²) in [5, 5.41) is 3.92. The summed E-state index contributed by atoms with van der Waals surface area (Å²) in [4.78, 5) is 8.47. The van der Waals surface area contributed by atoms with E-state index in [2.05, 4.69) is 15.3 Å². The first kappa shape index (κ1) is 14.8. The van der Waals surface area contributed by atoms with E-state index in [0.717, 1.165) is 0 Å². The molecular weight excluding hydrogens is 301 g/mol. The monoisotopic (exact) mass is 313 g/mol. The van der Waals surface area contributed by atoms with Crippen LogP contribution in [-0.4, -0.2) is 24.1 Å². The van der Waals surface area contributed by atoms with Gasteiger partial charge in [-0.25, -0.2) is 4.98 Å². The van der Waals surface area contributed by atoms with Crippen molar-refractivity contribution < 1.29 is 9.47 Å². The number of hydrogen-bond donors (Lipinski definition) is 1. The number of nitrogens with one attached hydrogen (secondary N) is 1. The summed E-state index contributed by atoms with van der Waals surface area (Å²) in [6, 6.07) is 6.64. The van der Waals surface area contributed by atoms with Gasteiger partial charge in [-0.2, -0.15) is 4.98 Å². The average molecular weight is 314 g/mol. The number of benzene rings is 1. The van der Waals surface area contributed by atoms with Crippen molar-refractivity contribution in [2.24, 2.45) is 0 Å². The number of hydrogen-bond acceptors (Lipinski definition) is 5. The van der Waals surface area contributed by atoms with Gasteiger partial charge in [0.05, 0.1) is 5.02 Å². The fourth-order valence-electron chi connectivity index (χ4n) is 1.51. The summed E-state index contributed by atoms with van der Waals surface area (Å²) < 4.78 is 10.7. The van der Waals surface area contributed by atoms with Crippen LogP contribution in [0, 0.1) is 0 Å². The number of anilines is 1. The first-order valence-corrected chi connectivity index (χ1v) is 6.55. The second-order valence-electron chi connectivity index (χ2n) is 3.87. The summed E-state index contributed by atoms with van der Waals surface area (Å²) >= 11 is 12.0. The minimum Gasteiger partial charge on any atom is -0.437 e. The Kier molecular flexibility index (Phi) is 5.00. The SMILES string of the molecule is CNc1cc(Oc2cc(Cl)ccc2Cl)nc(COC)n1. The second kappa shape index (κ2) is 6.74. The highest BCUT2D eigenvalue weighted by molar-refractivity contribution is 6.34. The van der Waals surface area contributed by atoms with Crippen LogP contribution in [0.25, 0.3) is 0 Å². The maximum Gasteiger partial charge on any atom is 0.224 e. The van der Waals surface area contributed by atoms with E-state index >= 15 is 0 Å². The van der Waals surface area contributed by atoms with Crippen LogP contribution in [0.2, 0.25) is 10.0 Å². The Labute approximate surface area is 126 Å². The highest BCUT2D eigenvalue weighted by atomic mass is 35.5. The summed E-state index contributed by atoms with van der Waals surface area (Å²) in [6.45, 7) is 0.287. The number of nitrogens with zero attached hydrogens (tertiary/aromatic N) is 2.